The second kappa shape index (κ2) is 10.8. The summed E-state index contributed by atoms with van der Waals surface area (Å²) in [5.74, 6) is 0.404. The normalized spacial score (nSPS) is 18.2. The Balaban J connectivity index is 1.51. The summed E-state index contributed by atoms with van der Waals surface area (Å²) in [5.41, 5.74) is 0.0610. The van der Waals surface area contributed by atoms with Gasteiger partial charge in [0.2, 0.25) is 17.8 Å². The monoisotopic (exact) mass is 546 g/mol. The quantitative estimate of drug-likeness (QED) is 0.493. The second-order valence-electron chi connectivity index (χ2n) is 10.3. The molecular formula is C25H32F2N8O4. The van der Waals surface area contributed by atoms with Gasteiger partial charge in [0.1, 0.15) is 16.9 Å². The highest BCUT2D eigenvalue weighted by Gasteiger charge is 2.31. The molecule has 1 N–H and O–H groups in total. The highest BCUT2D eigenvalue weighted by atomic mass is 19.3. The molecule has 3 aromatic rings. The van der Waals surface area contributed by atoms with Crippen molar-refractivity contribution < 1.29 is 27.8 Å². The number of likely N-dealkylation sites (tertiary alicyclic amines) is 1. The molecule has 0 unspecified atom stereocenters. The van der Waals surface area contributed by atoms with Gasteiger partial charge < -0.3 is 29.3 Å². The van der Waals surface area contributed by atoms with Crippen LogP contribution >= 0.6 is 0 Å². The van der Waals surface area contributed by atoms with E-state index >= 15 is 0 Å². The third-order valence-corrected chi connectivity index (χ3v) is 6.37. The highest BCUT2D eigenvalue weighted by molar-refractivity contribution is 5.84. The van der Waals surface area contributed by atoms with Crippen molar-refractivity contribution in [1.82, 2.24) is 29.4 Å². The number of carbonyl (C=O) groups excluding carboxylic acids is 1. The fraction of sp³-hybridized carbons (Fsp3) is 0.560. The number of ether oxygens (including phenoxy) is 3. The van der Waals surface area contributed by atoms with Crippen LogP contribution in [-0.2, 0) is 9.47 Å². The molecule has 1 amide bonds. The van der Waals surface area contributed by atoms with Crippen molar-refractivity contribution in [2.75, 3.05) is 56.7 Å². The minimum absolute atomic E-state index is 0.00189. The van der Waals surface area contributed by atoms with Crippen LogP contribution in [0.3, 0.4) is 0 Å². The van der Waals surface area contributed by atoms with E-state index in [0.29, 0.717) is 63.0 Å². The van der Waals surface area contributed by atoms with E-state index in [1.165, 1.54) is 11.7 Å². The number of morpholine rings is 1. The van der Waals surface area contributed by atoms with E-state index in [0.717, 1.165) is 0 Å². The SMILES string of the molecule is COc1cccc2c1nc(C(F)F)n2-c1nc(N[C@@H]2CCN(C(=O)OC(C)(C)C)C2)nc(N2CCOCC2)n1. The zero-order valence-corrected chi connectivity index (χ0v) is 22.4. The third-order valence-electron chi connectivity index (χ3n) is 6.37. The number of amides is 1. The number of halogens is 2. The molecule has 0 bridgehead atoms. The zero-order chi connectivity index (χ0) is 27.7. The maximum atomic E-state index is 14.2. The van der Waals surface area contributed by atoms with E-state index in [1.807, 2.05) is 25.7 Å². The van der Waals surface area contributed by atoms with Gasteiger partial charge in [-0.1, -0.05) is 6.07 Å². The Morgan fingerprint density at radius 1 is 1.10 bits per heavy atom. The molecule has 4 heterocycles. The number of anilines is 2. The number of hydrogen-bond acceptors (Lipinski definition) is 10. The Labute approximate surface area is 224 Å². The van der Waals surface area contributed by atoms with Gasteiger partial charge in [0.25, 0.3) is 6.43 Å². The van der Waals surface area contributed by atoms with E-state index < -0.39 is 23.9 Å². The fourth-order valence-corrected chi connectivity index (χ4v) is 4.59. The summed E-state index contributed by atoms with van der Waals surface area (Å²) < 4.78 is 46.0. The minimum atomic E-state index is -2.89. The van der Waals surface area contributed by atoms with E-state index in [9.17, 15) is 13.6 Å². The van der Waals surface area contributed by atoms with Crippen molar-refractivity contribution in [3.05, 3.63) is 24.0 Å². The largest absolute Gasteiger partial charge is 0.494 e. The second-order valence-corrected chi connectivity index (χ2v) is 10.3. The number of methoxy groups -OCH3 is 1. The molecule has 1 aromatic carbocycles. The molecule has 12 nitrogen and oxygen atoms in total. The predicted molar refractivity (Wildman–Crippen MR) is 139 cm³/mol. The molecule has 1 atom stereocenters. The minimum Gasteiger partial charge on any atom is -0.494 e. The number of imidazole rings is 1. The molecule has 0 saturated carbocycles. The molecule has 2 aliphatic rings. The molecular weight excluding hydrogens is 514 g/mol. The summed E-state index contributed by atoms with van der Waals surface area (Å²) >= 11 is 0. The number of fused-ring (bicyclic) bond motifs is 1. The van der Waals surface area contributed by atoms with Crippen LogP contribution in [0, 0.1) is 0 Å². The van der Waals surface area contributed by atoms with E-state index in [4.69, 9.17) is 14.2 Å². The lowest BCUT2D eigenvalue weighted by molar-refractivity contribution is 0.0293. The number of alkyl halides is 2. The Morgan fingerprint density at radius 2 is 1.85 bits per heavy atom. The number of nitrogens with one attached hydrogen (secondary N) is 1. The number of carbonyl (C=O) groups is 1. The van der Waals surface area contributed by atoms with E-state index in [2.05, 4.69) is 25.3 Å². The lowest BCUT2D eigenvalue weighted by Gasteiger charge is -2.27. The van der Waals surface area contributed by atoms with Gasteiger partial charge in [-0.3, -0.25) is 4.57 Å². The van der Waals surface area contributed by atoms with Gasteiger partial charge in [-0.25, -0.2) is 18.6 Å². The highest BCUT2D eigenvalue weighted by Crippen LogP contribution is 2.32. The topological polar surface area (TPSA) is 120 Å². The summed E-state index contributed by atoms with van der Waals surface area (Å²) in [6, 6.07) is 4.85. The van der Waals surface area contributed by atoms with Crippen LogP contribution in [0.2, 0.25) is 0 Å². The van der Waals surface area contributed by atoms with Crippen molar-refractivity contribution in [2.24, 2.45) is 0 Å². The predicted octanol–water partition coefficient (Wildman–Crippen LogP) is 3.41. The smallest absolute Gasteiger partial charge is 0.410 e. The van der Waals surface area contributed by atoms with Crippen LogP contribution in [0.1, 0.15) is 39.4 Å². The van der Waals surface area contributed by atoms with Gasteiger partial charge >= 0.3 is 6.09 Å². The molecule has 0 radical (unpaired) electrons. The van der Waals surface area contributed by atoms with Crippen molar-refractivity contribution in [2.45, 2.75) is 45.3 Å². The van der Waals surface area contributed by atoms with Gasteiger partial charge in [0.15, 0.2) is 5.82 Å². The molecule has 2 saturated heterocycles. The van der Waals surface area contributed by atoms with Crippen LogP contribution in [-0.4, -0.2) is 93.6 Å². The molecule has 2 fully saturated rings. The number of hydrogen-bond donors (Lipinski definition) is 1. The Bertz CT molecular complexity index is 1340. The van der Waals surface area contributed by atoms with E-state index in [-0.39, 0.29) is 23.5 Å². The lowest BCUT2D eigenvalue weighted by atomic mass is 10.2. The first-order valence-electron chi connectivity index (χ1n) is 12.8. The first-order valence-corrected chi connectivity index (χ1v) is 12.8. The van der Waals surface area contributed by atoms with Crippen LogP contribution < -0.4 is 15.0 Å². The fourth-order valence-electron chi connectivity index (χ4n) is 4.59. The Kier molecular flexibility index (Phi) is 7.38. The van der Waals surface area contributed by atoms with Crippen LogP contribution in [0.4, 0.5) is 25.5 Å². The molecule has 210 valence electrons. The number of benzene rings is 1. The van der Waals surface area contributed by atoms with Gasteiger partial charge in [-0.05, 0) is 39.3 Å². The molecule has 2 aromatic heterocycles. The molecule has 39 heavy (non-hydrogen) atoms. The Morgan fingerprint density at radius 3 is 2.54 bits per heavy atom. The number of aromatic nitrogens is 5. The molecule has 0 spiro atoms. The summed E-state index contributed by atoms with van der Waals surface area (Å²) in [4.78, 5) is 34.0. The van der Waals surface area contributed by atoms with Crippen molar-refractivity contribution >= 4 is 29.0 Å². The summed E-state index contributed by atoms with van der Waals surface area (Å²) in [5, 5.41) is 3.27. The molecule has 5 rings (SSSR count). The van der Waals surface area contributed by atoms with Crippen LogP contribution in [0.5, 0.6) is 5.75 Å². The van der Waals surface area contributed by atoms with Gasteiger partial charge in [0, 0.05) is 32.2 Å². The van der Waals surface area contributed by atoms with Crippen LogP contribution in [0.25, 0.3) is 17.0 Å². The first kappa shape index (κ1) is 26.8. The maximum absolute atomic E-state index is 14.2. The maximum Gasteiger partial charge on any atom is 0.410 e. The summed E-state index contributed by atoms with van der Waals surface area (Å²) in [7, 11) is 1.46. The average molecular weight is 547 g/mol. The zero-order valence-electron chi connectivity index (χ0n) is 22.4. The third kappa shape index (κ3) is 5.79. The molecule has 2 aliphatic heterocycles. The number of rotatable bonds is 6. The van der Waals surface area contributed by atoms with E-state index in [1.54, 1.807) is 23.1 Å². The summed E-state index contributed by atoms with van der Waals surface area (Å²) in [6.07, 6.45) is -2.64. The Hall–Kier alpha value is -3.81. The number of nitrogens with zero attached hydrogens (tertiary/aromatic N) is 7. The van der Waals surface area contributed by atoms with Crippen molar-refractivity contribution in [3.8, 4) is 11.7 Å². The van der Waals surface area contributed by atoms with Gasteiger partial charge in [-0.2, -0.15) is 15.0 Å². The molecule has 14 heteroatoms. The standard InChI is InChI=1S/C25H32F2N8O4/c1-25(2,3)39-24(36)34-9-8-15(14-34)28-21-30-22(33-10-12-38-13-11-33)32-23(31-21)35-16-6-5-7-17(37-4)18(16)29-20(35)19(26)27/h5-7,15,19H,8-14H2,1-4H3,(H,28,30,31,32)/t15-/m1/s1. The van der Waals surface area contributed by atoms with Gasteiger partial charge in [-0.15, -0.1) is 0 Å². The number of para-hydroxylation sites is 1. The summed E-state index contributed by atoms with van der Waals surface area (Å²) in [6.45, 7) is 8.41. The first-order chi connectivity index (χ1) is 18.6. The lowest BCUT2D eigenvalue weighted by Crippen LogP contribution is -2.38. The van der Waals surface area contributed by atoms with Gasteiger partial charge in [0.05, 0.1) is 25.8 Å². The van der Waals surface area contributed by atoms with Crippen molar-refractivity contribution in [1.29, 1.82) is 0 Å². The van der Waals surface area contributed by atoms with Crippen molar-refractivity contribution in [3.63, 3.8) is 0 Å². The molecule has 0 aliphatic carbocycles. The average Bonchev–Trinajstić information content (AvgIpc) is 3.53. The van der Waals surface area contributed by atoms with Crippen LogP contribution in [0.15, 0.2) is 18.2 Å².